The van der Waals surface area contributed by atoms with Gasteiger partial charge in [-0.25, -0.2) is 4.98 Å². The van der Waals surface area contributed by atoms with Gasteiger partial charge in [0.15, 0.2) is 0 Å². The monoisotopic (exact) mass is 292 g/mol. The summed E-state index contributed by atoms with van der Waals surface area (Å²) in [6, 6.07) is 8.08. The Bertz CT molecular complexity index is 574. The van der Waals surface area contributed by atoms with Crippen LogP contribution in [-0.2, 0) is 6.54 Å². The van der Waals surface area contributed by atoms with Crippen LogP contribution >= 0.6 is 0 Å². The molecule has 2 aromatic rings. The van der Waals surface area contributed by atoms with Gasteiger partial charge in [-0.1, -0.05) is 0 Å². The number of nitrogens with one attached hydrogen (secondary N) is 1. The van der Waals surface area contributed by atoms with Crippen molar-refractivity contribution in [1.82, 2.24) is 9.55 Å². The van der Waals surface area contributed by atoms with Crippen molar-refractivity contribution in [3.05, 3.63) is 42.5 Å². The van der Waals surface area contributed by atoms with Crippen LogP contribution in [0.5, 0.6) is 0 Å². The summed E-state index contributed by atoms with van der Waals surface area (Å²) in [7, 11) is 0. The highest BCUT2D eigenvalue weighted by Gasteiger charge is 2.12. The maximum atomic E-state index is 12.7. The second kappa shape index (κ2) is 6.11. The molecule has 1 saturated heterocycles. The van der Waals surface area contributed by atoms with E-state index in [1.54, 1.807) is 0 Å². The Balaban J connectivity index is 1.61. The molecule has 21 heavy (non-hydrogen) atoms. The number of hydrogen-bond acceptors (Lipinski definition) is 3. The van der Waals surface area contributed by atoms with Gasteiger partial charge in [-0.05, 0) is 37.1 Å². The number of nitrogens with zero attached hydrogens (tertiary/aromatic N) is 3. The predicted molar refractivity (Wildman–Crippen MR) is 78.7 cm³/mol. The standard InChI is InChI=1S/C15H18F2N4/c16-15(17)21-10-7-18-14(21)11-19-12-3-5-13(6-4-12)20-8-1-2-9-20/h3-7,10,15,19H,1-2,8-9,11H2. The van der Waals surface area contributed by atoms with Crippen LogP contribution < -0.4 is 10.2 Å². The molecule has 1 aliphatic rings. The molecule has 1 aromatic heterocycles. The minimum absolute atomic E-state index is 0.278. The molecule has 1 aromatic carbocycles. The van der Waals surface area contributed by atoms with Crippen molar-refractivity contribution in [3.63, 3.8) is 0 Å². The summed E-state index contributed by atoms with van der Waals surface area (Å²) in [4.78, 5) is 6.30. The van der Waals surface area contributed by atoms with Gasteiger partial charge < -0.3 is 10.2 Å². The average Bonchev–Trinajstić information content (AvgIpc) is 3.17. The summed E-state index contributed by atoms with van der Waals surface area (Å²) in [5.74, 6) is 0.327. The SMILES string of the molecule is FC(F)n1ccnc1CNc1ccc(N2CCCC2)cc1. The fourth-order valence-corrected chi connectivity index (χ4v) is 2.61. The zero-order valence-electron chi connectivity index (χ0n) is 11.7. The van der Waals surface area contributed by atoms with Crippen molar-refractivity contribution in [3.8, 4) is 0 Å². The van der Waals surface area contributed by atoms with Crippen molar-refractivity contribution in [2.45, 2.75) is 25.9 Å². The molecule has 1 N–H and O–H groups in total. The van der Waals surface area contributed by atoms with E-state index in [1.807, 2.05) is 12.1 Å². The van der Waals surface area contributed by atoms with Crippen LogP contribution in [0.15, 0.2) is 36.7 Å². The molecule has 0 spiro atoms. The van der Waals surface area contributed by atoms with Crippen LogP contribution in [0.3, 0.4) is 0 Å². The number of imidazole rings is 1. The molecule has 0 unspecified atom stereocenters. The van der Waals surface area contributed by atoms with Crippen molar-refractivity contribution in [1.29, 1.82) is 0 Å². The smallest absolute Gasteiger partial charge is 0.319 e. The Morgan fingerprint density at radius 2 is 1.86 bits per heavy atom. The third-order valence-electron chi connectivity index (χ3n) is 3.75. The molecule has 3 rings (SSSR count). The molecule has 0 amide bonds. The summed E-state index contributed by atoms with van der Waals surface area (Å²) < 4.78 is 26.3. The van der Waals surface area contributed by atoms with E-state index in [2.05, 4.69) is 27.3 Å². The van der Waals surface area contributed by atoms with Gasteiger partial charge in [-0.15, -0.1) is 0 Å². The van der Waals surface area contributed by atoms with Crippen molar-refractivity contribution >= 4 is 11.4 Å². The van der Waals surface area contributed by atoms with E-state index in [4.69, 9.17) is 0 Å². The summed E-state index contributed by atoms with van der Waals surface area (Å²) in [5, 5.41) is 3.12. The summed E-state index contributed by atoms with van der Waals surface area (Å²) in [6.45, 7) is -0.0562. The van der Waals surface area contributed by atoms with E-state index < -0.39 is 6.55 Å². The molecule has 1 aliphatic heterocycles. The normalized spacial score (nSPS) is 14.9. The largest absolute Gasteiger partial charge is 0.378 e. The van der Waals surface area contributed by atoms with E-state index in [0.717, 1.165) is 23.3 Å². The first kappa shape index (κ1) is 13.9. The number of aromatic nitrogens is 2. The molecular weight excluding hydrogens is 274 g/mol. The molecule has 0 saturated carbocycles. The highest BCUT2D eigenvalue weighted by atomic mass is 19.3. The lowest BCUT2D eigenvalue weighted by molar-refractivity contribution is 0.0673. The molecule has 6 heteroatoms. The minimum atomic E-state index is -2.55. The lowest BCUT2D eigenvalue weighted by Gasteiger charge is -2.18. The Hall–Kier alpha value is -2.11. The number of rotatable bonds is 5. The molecule has 0 atom stereocenters. The summed E-state index contributed by atoms with van der Waals surface area (Å²) in [6.07, 6.45) is 5.17. The number of hydrogen-bond donors (Lipinski definition) is 1. The van der Waals surface area contributed by atoms with Gasteiger partial charge in [-0.2, -0.15) is 8.78 Å². The van der Waals surface area contributed by atoms with Gasteiger partial charge in [0.1, 0.15) is 5.82 Å². The lowest BCUT2D eigenvalue weighted by atomic mass is 10.2. The quantitative estimate of drug-likeness (QED) is 0.915. The average molecular weight is 292 g/mol. The second-order valence-corrected chi connectivity index (χ2v) is 5.12. The predicted octanol–water partition coefficient (Wildman–Crippen LogP) is 3.49. The second-order valence-electron chi connectivity index (χ2n) is 5.12. The third-order valence-corrected chi connectivity index (χ3v) is 3.75. The topological polar surface area (TPSA) is 33.1 Å². The summed E-state index contributed by atoms with van der Waals surface area (Å²) in [5.41, 5.74) is 2.12. The van der Waals surface area contributed by atoms with Gasteiger partial charge in [0.2, 0.25) is 0 Å². The Morgan fingerprint density at radius 1 is 1.14 bits per heavy atom. The number of anilines is 2. The van der Waals surface area contributed by atoms with E-state index in [1.165, 1.54) is 30.9 Å². The van der Waals surface area contributed by atoms with Crippen molar-refractivity contribution < 1.29 is 8.78 Å². The molecule has 112 valence electrons. The van der Waals surface area contributed by atoms with Crippen LogP contribution in [-0.4, -0.2) is 22.6 Å². The zero-order valence-corrected chi connectivity index (χ0v) is 11.7. The fraction of sp³-hybridized carbons (Fsp3) is 0.400. The van der Waals surface area contributed by atoms with Gasteiger partial charge in [0.05, 0.1) is 6.54 Å². The Morgan fingerprint density at radius 3 is 2.52 bits per heavy atom. The maximum Gasteiger partial charge on any atom is 0.319 e. The molecule has 0 aliphatic carbocycles. The van der Waals surface area contributed by atoms with E-state index >= 15 is 0 Å². The van der Waals surface area contributed by atoms with E-state index in [0.29, 0.717) is 5.82 Å². The van der Waals surface area contributed by atoms with Crippen LogP contribution in [0.2, 0.25) is 0 Å². The van der Waals surface area contributed by atoms with Crippen LogP contribution in [0.25, 0.3) is 0 Å². The fourth-order valence-electron chi connectivity index (χ4n) is 2.61. The Labute approximate surface area is 122 Å². The van der Waals surface area contributed by atoms with Gasteiger partial charge in [-0.3, -0.25) is 4.57 Å². The van der Waals surface area contributed by atoms with Crippen LogP contribution in [0.4, 0.5) is 20.2 Å². The molecular formula is C15H18F2N4. The number of halogens is 2. The van der Waals surface area contributed by atoms with Crippen LogP contribution in [0, 0.1) is 0 Å². The van der Waals surface area contributed by atoms with Crippen molar-refractivity contribution in [2.24, 2.45) is 0 Å². The number of benzene rings is 1. The first-order valence-electron chi connectivity index (χ1n) is 7.13. The molecule has 4 nitrogen and oxygen atoms in total. The lowest BCUT2D eigenvalue weighted by Crippen LogP contribution is -2.17. The van der Waals surface area contributed by atoms with E-state index in [9.17, 15) is 8.78 Å². The van der Waals surface area contributed by atoms with Crippen LogP contribution in [0.1, 0.15) is 25.2 Å². The highest BCUT2D eigenvalue weighted by Crippen LogP contribution is 2.22. The van der Waals surface area contributed by atoms with Crippen molar-refractivity contribution in [2.75, 3.05) is 23.3 Å². The molecule has 0 bridgehead atoms. The number of alkyl halides is 2. The Kier molecular flexibility index (Phi) is 4.03. The summed E-state index contributed by atoms with van der Waals surface area (Å²) >= 11 is 0. The van der Waals surface area contributed by atoms with E-state index in [-0.39, 0.29) is 6.54 Å². The first-order chi connectivity index (χ1) is 10.2. The highest BCUT2D eigenvalue weighted by molar-refractivity contribution is 5.55. The molecule has 0 radical (unpaired) electrons. The third kappa shape index (κ3) is 3.15. The van der Waals surface area contributed by atoms with Gasteiger partial charge in [0, 0.05) is 36.9 Å². The van der Waals surface area contributed by atoms with Gasteiger partial charge in [0.25, 0.3) is 0 Å². The first-order valence-corrected chi connectivity index (χ1v) is 7.13. The molecule has 2 heterocycles. The van der Waals surface area contributed by atoms with Gasteiger partial charge >= 0.3 is 6.55 Å². The maximum absolute atomic E-state index is 12.7. The molecule has 1 fully saturated rings. The zero-order chi connectivity index (χ0) is 14.7. The minimum Gasteiger partial charge on any atom is -0.378 e.